The van der Waals surface area contributed by atoms with Crippen molar-refractivity contribution in [3.63, 3.8) is 0 Å². The lowest BCUT2D eigenvalue weighted by Gasteiger charge is -2.25. The molecule has 0 unspecified atom stereocenters. The van der Waals surface area contributed by atoms with E-state index in [0.29, 0.717) is 0 Å². The first-order valence-electron chi connectivity index (χ1n) is 10.4. The lowest BCUT2D eigenvalue weighted by atomic mass is 10.1. The van der Waals surface area contributed by atoms with Gasteiger partial charge in [0, 0.05) is 23.1 Å². The first-order valence-corrected chi connectivity index (χ1v) is 10.4. The topological polar surface area (TPSA) is 40.5 Å². The summed E-state index contributed by atoms with van der Waals surface area (Å²) in [5.74, 6) is -0.949. The third-order valence-electron chi connectivity index (χ3n) is 5.00. The van der Waals surface area contributed by atoms with Gasteiger partial charge < -0.3 is 10.0 Å². The average molecular weight is 418 g/mol. The highest BCUT2D eigenvalue weighted by molar-refractivity contribution is 5.85. The number of hydrogen-bond acceptors (Lipinski definition) is 2. The quantitative estimate of drug-likeness (QED) is 0.251. The summed E-state index contributed by atoms with van der Waals surface area (Å²) in [6.07, 6.45) is 6.84. The zero-order chi connectivity index (χ0) is 22.2. The van der Waals surface area contributed by atoms with Crippen LogP contribution in [-0.4, -0.2) is 11.1 Å². The number of para-hydroxylation sites is 2. The number of hydrogen-bond donors (Lipinski definition) is 1. The molecule has 0 aliphatic carbocycles. The Morgan fingerprint density at radius 1 is 0.531 bits per heavy atom. The van der Waals surface area contributed by atoms with Crippen LogP contribution in [0.1, 0.15) is 16.7 Å². The van der Waals surface area contributed by atoms with E-state index in [0.717, 1.165) is 39.8 Å². The van der Waals surface area contributed by atoms with Crippen molar-refractivity contribution in [2.45, 2.75) is 0 Å². The van der Waals surface area contributed by atoms with Crippen LogP contribution in [0.2, 0.25) is 0 Å². The molecule has 0 saturated carbocycles. The van der Waals surface area contributed by atoms with Crippen molar-refractivity contribution < 1.29 is 9.90 Å². The predicted molar refractivity (Wildman–Crippen MR) is 133 cm³/mol. The number of aliphatic carboxylic acids is 1. The maximum Gasteiger partial charge on any atom is 0.328 e. The van der Waals surface area contributed by atoms with Crippen LogP contribution in [0, 0.1) is 0 Å². The molecular weight excluding hydrogens is 394 g/mol. The highest BCUT2D eigenvalue weighted by atomic mass is 16.4. The Kier molecular flexibility index (Phi) is 6.59. The molecule has 0 amide bonds. The third-order valence-corrected chi connectivity index (χ3v) is 5.00. The monoisotopic (exact) mass is 417 g/mol. The highest BCUT2D eigenvalue weighted by Gasteiger charge is 2.11. The van der Waals surface area contributed by atoms with Crippen LogP contribution in [0.25, 0.3) is 18.2 Å². The minimum absolute atomic E-state index is 0.857. The second kappa shape index (κ2) is 10.1. The summed E-state index contributed by atoms with van der Waals surface area (Å²) in [6.45, 7) is 0. The van der Waals surface area contributed by atoms with Crippen molar-refractivity contribution in [2.75, 3.05) is 4.90 Å². The SMILES string of the molecule is O=C(O)/C=C/c1ccc(C=Cc2ccc(N(c3ccccc3)c3ccccc3)cc2)cc1. The molecule has 0 spiro atoms. The van der Waals surface area contributed by atoms with Crippen LogP contribution in [0.4, 0.5) is 17.1 Å². The van der Waals surface area contributed by atoms with Gasteiger partial charge in [0.1, 0.15) is 0 Å². The fourth-order valence-corrected chi connectivity index (χ4v) is 3.41. The molecule has 0 aliphatic rings. The number of carboxylic acids is 1. The second-order valence-electron chi connectivity index (χ2n) is 7.27. The Labute approximate surface area is 188 Å². The number of nitrogens with zero attached hydrogens (tertiary/aromatic N) is 1. The molecule has 32 heavy (non-hydrogen) atoms. The van der Waals surface area contributed by atoms with Gasteiger partial charge >= 0.3 is 5.97 Å². The number of rotatable bonds is 7. The molecule has 0 heterocycles. The fraction of sp³-hybridized carbons (Fsp3) is 0. The summed E-state index contributed by atoms with van der Waals surface area (Å²) < 4.78 is 0. The van der Waals surface area contributed by atoms with Crippen LogP contribution >= 0.6 is 0 Å². The number of carbonyl (C=O) groups is 1. The number of benzene rings is 4. The molecule has 0 radical (unpaired) electrons. The maximum atomic E-state index is 10.6. The Balaban J connectivity index is 1.53. The number of carboxylic acid groups (broad SMARTS) is 1. The third kappa shape index (κ3) is 5.41. The predicted octanol–water partition coefficient (Wildman–Crippen LogP) is 7.42. The first kappa shape index (κ1) is 20.9. The van der Waals surface area contributed by atoms with E-state index in [2.05, 4.69) is 59.5 Å². The van der Waals surface area contributed by atoms with E-state index in [1.54, 1.807) is 6.08 Å². The molecule has 0 aromatic heterocycles. The van der Waals surface area contributed by atoms with E-state index in [1.807, 2.05) is 66.7 Å². The Bertz CT molecular complexity index is 1170. The largest absolute Gasteiger partial charge is 0.478 e. The van der Waals surface area contributed by atoms with Crippen LogP contribution in [0.15, 0.2) is 115 Å². The van der Waals surface area contributed by atoms with Crippen molar-refractivity contribution in [3.05, 3.63) is 132 Å². The van der Waals surface area contributed by atoms with E-state index in [1.165, 1.54) is 0 Å². The van der Waals surface area contributed by atoms with Gasteiger partial charge in [0.05, 0.1) is 0 Å². The summed E-state index contributed by atoms with van der Waals surface area (Å²) in [7, 11) is 0. The lowest BCUT2D eigenvalue weighted by molar-refractivity contribution is -0.131. The van der Waals surface area contributed by atoms with E-state index in [-0.39, 0.29) is 0 Å². The summed E-state index contributed by atoms with van der Waals surface area (Å²) in [4.78, 5) is 12.9. The summed E-state index contributed by atoms with van der Waals surface area (Å²) in [6, 6.07) is 36.9. The maximum absolute atomic E-state index is 10.6. The normalized spacial score (nSPS) is 11.1. The molecular formula is C29H23NO2. The van der Waals surface area contributed by atoms with Gasteiger partial charge in [0.25, 0.3) is 0 Å². The van der Waals surface area contributed by atoms with Gasteiger partial charge in [-0.1, -0.05) is 84.9 Å². The van der Waals surface area contributed by atoms with Crippen molar-refractivity contribution in [3.8, 4) is 0 Å². The van der Waals surface area contributed by atoms with Gasteiger partial charge in [0.15, 0.2) is 0 Å². The van der Waals surface area contributed by atoms with Crippen LogP contribution < -0.4 is 4.90 Å². The lowest BCUT2D eigenvalue weighted by Crippen LogP contribution is -2.09. The standard InChI is InChI=1S/C29H23NO2/c31-29(32)22-19-24-14-11-23(12-15-24)13-16-25-17-20-28(21-18-25)30(26-7-3-1-4-8-26)27-9-5-2-6-10-27/h1-22H,(H,31,32)/b16-13?,22-19+. The van der Waals surface area contributed by atoms with Gasteiger partial charge in [-0.3, -0.25) is 0 Å². The molecule has 3 nitrogen and oxygen atoms in total. The molecule has 1 N–H and O–H groups in total. The highest BCUT2D eigenvalue weighted by Crippen LogP contribution is 2.34. The van der Waals surface area contributed by atoms with Gasteiger partial charge in [-0.15, -0.1) is 0 Å². The molecule has 0 atom stereocenters. The molecule has 3 heteroatoms. The Morgan fingerprint density at radius 2 is 0.906 bits per heavy atom. The second-order valence-corrected chi connectivity index (χ2v) is 7.27. The van der Waals surface area contributed by atoms with Crippen LogP contribution in [-0.2, 0) is 4.79 Å². The smallest absolute Gasteiger partial charge is 0.328 e. The van der Waals surface area contributed by atoms with E-state index >= 15 is 0 Å². The van der Waals surface area contributed by atoms with Crippen molar-refractivity contribution in [2.24, 2.45) is 0 Å². The van der Waals surface area contributed by atoms with Gasteiger partial charge in [0.2, 0.25) is 0 Å². The summed E-state index contributed by atoms with van der Waals surface area (Å²) in [5.41, 5.74) is 6.32. The zero-order valence-electron chi connectivity index (χ0n) is 17.5. The van der Waals surface area contributed by atoms with Gasteiger partial charge in [-0.05, 0) is 59.2 Å². The van der Waals surface area contributed by atoms with Crippen molar-refractivity contribution >= 4 is 41.3 Å². The van der Waals surface area contributed by atoms with Crippen molar-refractivity contribution in [1.29, 1.82) is 0 Å². The van der Waals surface area contributed by atoms with Gasteiger partial charge in [-0.2, -0.15) is 0 Å². The molecule has 4 rings (SSSR count). The molecule has 4 aromatic rings. The molecule has 0 saturated heterocycles. The minimum Gasteiger partial charge on any atom is -0.478 e. The van der Waals surface area contributed by atoms with E-state index in [9.17, 15) is 4.79 Å². The minimum atomic E-state index is -0.949. The van der Waals surface area contributed by atoms with E-state index < -0.39 is 5.97 Å². The Morgan fingerprint density at radius 3 is 1.34 bits per heavy atom. The molecule has 0 bridgehead atoms. The average Bonchev–Trinajstić information content (AvgIpc) is 2.84. The molecule has 4 aromatic carbocycles. The Hall–Kier alpha value is -4.37. The zero-order valence-corrected chi connectivity index (χ0v) is 17.5. The summed E-state index contributed by atoms with van der Waals surface area (Å²) >= 11 is 0. The fourth-order valence-electron chi connectivity index (χ4n) is 3.41. The molecule has 0 fully saturated rings. The molecule has 0 aliphatic heterocycles. The number of anilines is 3. The van der Waals surface area contributed by atoms with Crippen molar-refractivity contribution in [1.82, 2.24) is 0 Å². The van der Waals surface area contributed by atoms with E-state index in [4.69, 9.17) is 5.11 Å². The van der Waals surface area contributed by atoms with Crippen LogP contribution in [0.3, 0.4) is 0 Å². The van der Waals surface area contributed by atoms with Crippen LogP contribution in [0.5, 0.6) is 0 Å². The first-order chi connectivity index (χ1) is 15.7. The van der Waals surface area contributed by atoms with Gasteiger partial charge in [-0.25, -0.2) is 4.79 Å². The molecule has 156 valence electrons. The summed E-state index contributed by atoms with van der Waals surface area (Å²) in [5, 5.41) is 8.72.